The van der Waals surface area contributed by atoms with Gasteiger partial charge in [0.15, 0.2) is 0 Å². The molecule has 2 rings (SSSR count). The van der Waals surface area contributed by atoms with E-state index in [1.807, 2.05) is 31.2 Å². The molecule has 0 aliphatic rings. The summed E-state index contributed by atoms with van der Waals surface area (Å²) in [6.45, 7) is 2.01. The van der Waals surface area contributed by atoms with Gasteiger partial charge in [0.1, 0.15) is 5.01 Å². The van der Waals surface area contributed by atoms with Gasteiger partial charge in [-0.25, -0.2) is 0 Å². The maximum absolute atomic E-state index is 11.8. The quantitative estimate of drug-likeness (QED) is 0.818. The van der Waals surface area contributed by atoms with E-state index < -0.39 is 0 Å². The topological polar surface area (TPSA) is 54.9 Å². The highest BCUT2D eigenvalue weighted by atomic mass is 35.5. The van der Waals surface area contributed by atoms with Crippen LogP contribution < -0.4 is 5.32 Å². The van der Waals surface area contributed by atoms with Crippen molar-refractivity contribution in [3.63, 3.8) is 0 Å². The summed E-state index contributed by atoms with van der Waals surface area (Å²) in [5.41, 5.74) is 0. The van der Waals surface area contributed by atoms with E-state index in [2.05, 4.69) is 15.5 Å². The molecule has 0 unspecified atom stereocenters. The van der Waals surface area contributed by atoms with E-state index in [0.717, 1.165) is 21.3 Å². The lowest BCUT2D eigenvalue weighted by molar-refractivity contribution is -0.115. The van der Waals surface area contributed by atoms with Crippen molar-refractivity contribution in [3.8, 4) is 0 Å². The Balaban J connectivity index is 1.77. The van der Waals surface area contributed by atoms with Crippen LogP contribution >= 0.6 is 34.7 Å². The van der Waals surface area contributed by atoms with Crippen molar-refractivity contribution in [2.75, 3.05) is 11.1 Å². The first-order valence-corrected chi connectivity index (χ1v) is 8.36. The van der Waals surface area contributed by atoms with Gasteiger partial charge in [0.25, 0.3) is 0 Å². The lowest BCUT2D eigenvalue weighted by Gasteiger charge is -2.03. The molecule has 0 spiro atoms. The van der Waals surface area contributed by atoms with Crippen LogP contribution in [-0.2, 0) is 11.2 Å². The molecule has 4 nitrogen and oxygen atoms in total. The molecule has 0 radical (unpaired) electrons. The number of hydrogen-bond acceptors (Lipinski definition) is 5. The summed E-state index contributed by atoms with van der Waals surface area (Å²) in [4.78, 5) is 12.8. The summed E-state index contributed by atoms with van der Waals surface area (Å²) in [6.07, 6.45) is 1.24. The molecule has 2 aromatic rings. The van der Waals surface area contributed by atoms with Crippen molar-refractivity contribution in [1.82, 2.24) is 10.2 Å². The lowest BCUT2D eigenvalue weighted by atomic mass is 10.4. The Kier molecular flexibility index (Phi) is 5.82. The van der Waals surface area contributed by atoms with E-state index >= 15 is 0 Å². The number of anilines is 1. The van der Waals surface area contributed by atoms with E-state index in [1.165, 1.54) is 11.3 Å². The average Bonchev–Trinajstić information content (AvgIpc) is 2.88. The zero-order chi connectivity index (χ0) is 14.4. The van der Waals surface area contributed by atoms with E-state index in [1.54, 1.807) is 11.8 Å². The molecule has 0 atom stereocenters. The van der Waals surface area contributed by atoms with Gasteiger partial charge in [-0.3, -0.25) is 4.79 Å². The predicted molar refractivity (Wildman–Crippen MR) is 84.7 cm³/mol. The molecule has 0 aliphatic heterocycles. The first kappa shape index (κ1) is 15.3. The number of halogens is 1. The molecule has 1 heterocycles. The molecule has 106 valence electrons. The number of nitrogens with one attached hydrogen (secondary N) is 1. The molecule has 1 amide bonds. The molecule has 7 heteroatoms. The molecule has 0 saturated heterocycles. The van der Waals surface area contributed by atoms with E-state index in [-0.39, 0.29) is 5.91 Å². The molecule has 1 aromatic heterocycles. The van der Waals surface area contributed by atoms with Crippen molar-refractivity contribution in [2.24, 2.45) is 0 Å². The summed E-state index contributed by atoms with van der Waals surface area (Å²) in [5, 5.41) is 12.8. The number of nitrogens with zero attached hydrogens (tertiary/aromatic N) is 2. The molecule has 20 heavy (non-hydrogen) atoms. The highest BCUT2D eigenvalue weighted by Gasteiger charge is 2.08. The number of carbonyl (C=O) groups excluding carboxylic acids is 1. The number of aromatic nitrogens is 2. The summed E-state index contributed by atoms with van der Waals surface area (Å²) in [5.74, 6) is 0.623. The summed E-state index contributed by atoms with van der Waals surface area (Å²) in [6, 6.07) is 7.61. The van der Waals surface area contributed by atoms with Crippen molar-refractivity contribution >= 4 is 45.7 Å². The van der Waals surface area contributed by atoms with Gasteiger partial charge in [0, 0.05) is 17.1 Å². The highest BCUT2D eigenvalue weighted by molar-refractivity contribution is 7.99. The van der Waals surface area contributed by atoms with Crippen molar-refractivity contribution in [3.05, 3.63) is 34.3 Å². The van der Waals surface area contributed by atoms with Gasteiger partial charge in [0.05, 0.1) is 5.02 Å². The Morgan fingerprint density at radius 1 is 1.40 bits per heavy atom. The summed E-state index contributed by atoms with van der Waals surface area (Å²) < 4.78 is 0. The Morgan fingerprint density at radius 3 is 2.90 bits per heavy atom. The van der Waals surface area contributed by atoms with Gasteiger partial charge < -0.3 is 5.32 Å². The maximum atomic E-state index is 11.8. The van der Waals surface area contributed by atoms with Crippen LogP contribution in [0.4, 0.5) is 5.13 Å². The van der Waals surface area contributed by atoms with Crippen LogP contribution in [0, 0.1) is 0 Å². The molecule has 0 fully saturated rings. The van der Waals surface area contributed by atoms with Crippen LogP contribution in [-0.4, -0.2) is 21.9 Å². The summed E-state index contributed by atoms with van der Waals surface area (Å²) >= 11 is 9.03. The maximum Gasteiger partial charge on any atom is 0.227 e. The normalized spacial score (nSPS) is 10.5. The largest absolute Gasteiger partial charge is 0.301 e. The van der Waals surface area contributed by atoms with Gasteiger partial charge in [-0.05, 0) is 18.6 Å². The van der Waals surface area contributed by atoms with E-state index in [9.17, 15) is 4.79 Å². The Morgan fingerprint density at radius 2 is 2.20 bits per heavy atom. The second kappa shape index (κ2) is 7.61. The molecule has 0 saturated carbocycles. The van der Waals surface area contributed by atoms with Crippen LogP contribution in [0.1, 0.15) is 18.4 Å². The van der Waals surface area contributed by atoms with Crippen LogP contribution in [0.15, 0.2) is 29.2 Å². The fraction of sp³-hybridized carbons (Fsp3) is 0.308. The number of carbonyl (C=O) groups is 1. The van der Waals surface area contributed by atoms with Gasteiger partial charge in [-0.2, -0.15) is 0 Å². The minimum absolute atomic E-state index is 0.0524. The lowest BCUT2D eigenvalue weighted by Crippen LogP contribution is -2.11. The molecule has 0 aliphatic carbocycles. The number of hydrogen-bond donors (Lipinski definition) is 1. The number of aryl methyl sites for hydroxylation is 1. The third-order valence-electron chi connectivity index (χ3n) is 2.44. The molecule has 1 N–H and O–H groups in total. The number of benzene rings is 1. The first-order valence-electron chi connectivity index (χ1n) is 6.18. The number of amides is 1. The zero-order valence-electron chi connectivity index (χ0n) is 10.9. The SMILES string of the molecule is CCc1nnc(NC(=O)CCSc2ccccc2Cl)s1. The third kappa shape index (κ3) is 4.47. The number of rotatable bonds is 6. The van der Waals surface area contributed by atoms with Gasteiger partial charge in [0.2, 0.25) is 11.0 Å². The smallest absolute Gasteiger partial charge is 0.227 e. The zero-order valence-corrected chi connectivity index (χ0v) is 13.3. The fourth-order valence-electron chi connectivity index (χ4n) is 1.44. The second-order valence-electron chi connectivity index (χ2n) is 3.93. The minimum atomic E-state index is -0.0524. The summed E-state index contributed by atoms with van der Waals surface area (Å²) in [7, 11) is 0. The molecule has 1 aromatic carbocycles. The molecule has 0 bridgehead atoms. The van der Waals surface area contributed by atoms with Crippen molar-refractivity contribution in [1.29, 1.82) is 0 Å². The van der Waals surface area contributed by atoms with E-state index in [0.29, 0.717) is 17.3 Å². The van der Waals surface area contributed by atoms with Crippen LogP contribution in [0.5, 0.6) is 0 Å². The number of thioether (sulfide) groups is 1. The highest BCUT2D eigenvalue weighted by Crippen LogP contribution is 2.27. The van der Waals surface area contributed by atoms with Gasteiger partial charge in [-0.15, -0.1) is 22.0 Å². The van der Waals surface area contributed by atoms with Gasteiger partial charge in [-0.1, -0.05) is 42.0 Å². The van der Waals surface area contributed by atoms with Crippen molar-refractivity contribution in [2.45, 2.75) is 24.7 Å². The van der Waals surface area contributed by atoms with Crippen LogP contribution in [0.3, 0.4) is 0 Å². The third-order valence-corrected chi connectivity index (χ3v) is 4.94. The minimum Gasteiger partial charge on any atom is -0.301 e. The van der Waals surface area contributed by atoms with Crippen LogP contribution in [0.2, 0.25) is 5.02 Å². The average molecular weight is 328 g/mol. The van der Waals surface area contributed by atoms with Gasteiger partial charge >= 0.3 is 0 Å². The van der Waals surface area contributed by atoms with Crippen molar-refractivity contribution < 1.29 is 4.79 Å². The fourth-order valence-corrected chi connectivity index (χ4v) is 3.33. The Bertz CT molecular complexity index is 589. The predicted octanol–water partition coefficient (Wildman–Crippen LogP) is 3.87. The van der Waals surface area contributed by atoms with Crippen LogP contribution in [0.25, 0.3) is 0 Å². The monoisotopic (exact) mass is 327 g/mol. The Labute approximate surface area is 130 Å². The standard InChI is InChI=1S/C13H14ClN3OS2/c1-2-12-16-17-13(20-12)15-11(18)7-8-19-10-6-4-3-5-9(10)14/h3-6H,2,7-8H2,1H3,(H,15,17,18). The Hall–Kier alpha value is -1.11. The molecular weight excluding hydrogens is 314 g/mol. The second-order valence-corrected chi connectivity index (χ2v) is 6.54. The van der Waals surface area contributed by atoms with E-state index in [4.69, 9.17) is 11.6 Å². The molecular formula is C13H14ClN3OS2. The first-order chi connectivity index (χ1) is 9.69.